The average Bonchev–Trinajstić information content (AvgIpc) is 3.48. The van der Waals surface area contributed by atoms with Crippen LogP contribution in [0.4, 0.5) is 0 Å². The lowest BCUT2D eigenvalue weighted by Crippen LogP contribution is -2.46. The van der Waals surface area contributed by atoms with E-state index in [1.165, 1.54) is 5.56 Å². The van der Waals surface area contributed by atoms with Crippen LogP contribution in [0.2, 0.25) is 0 Å². The predicted octanol–water partition coefficient (Wildman–Crippen LogP) is 3.82. The van der Waals surface area contributed by atoms with Gasteiger partial charge in [0, 0.05) is 45.8 Å². The molecule has 1 spiro atoms. The van der Waals surface area contributed by atoms with E-state index in [4.69, 9.17) is 9.47 Å². The summed E-state index contributed by atoms with van der Waals surface area (Å²) in [5.41, 5.74) is 2.23. The molecule has 0 radical (unpaired) electrons. The monoisotopic (exact) mass is 541 g/mol. The number of halogens is 1. The van der Waals surface area contributed by atoms with Gasteiger partial charge in [-0.05, 0) is 61.5 Å². The molecule has 8 heteroatoms. The maximum absolute atomic E-state index is 13.5. The number of methoxy groups -OCH3 is 2. The van der Waals surface area contributed by atoms with Crippen LogP contribution in [0.15, 0.2) is 54.6 Å². The Hall–Kier alpha value is -2.61. The van der Waals surface area contributed by atoms with E-state index in [2.05, 4.69) is 29.2 Å². The first-order chi connectivity index (χ1) is 18.0. The standard InChI is InChI=1S/C30H39N3O4.ClH/c1-36-22-28(34)33-20-25(27(21-33)24-6-4-3-5-7-24)19-31-15-12-30(13-16-31)14-17-32(29(30)35)18-23-8-10-26(37-2)11-9-23;/h3-11,25,27H,12-22H2,1-2H3;1H/t25-,27+;/m0./s1. The summed E-state index contributed by atoms with van der Waals surface area (Å²) in [4.78, 5) is 32.6. The summed E-state index contributed by atoms with van der Waals surface area (Å²) in [5, 5.41) is 0. The summed E-state index contributed by atoms with van der Waals surface area (Å²) in [7, 11) is 3.24. The molecule has 7 nitrogen and oxygen atoms in total. The van der Waals surface area contributed by atoms with Crippen molar-refractivity contribution in [2.45, 2.75) is 31.7 Å². The minimum Gasteiger partial charge on any atom is -0.497 e. The normalized spacial score (nSPS) is 23.1. The minimum atomic E-state index is -0.210. The SMILES string of the molecule is COCC(=O)N1C[C@H](CN2CCC3(CC2)CCN(Cc2ccc(OC)cc2)C3=O)[C@@H](c2ccccc2)C1.Cl. The molecule has 206 valence electrons. The summed E-state index contributed by atoms with van der Waals surface area (Å²) >= 11 is 0. The highest BCUT2D eigenvalue weighted by atomic mass is 35.5. The third kappa shape index (κ3) is 6.00. The molecule has 38 heavy (non-hydrogen) atoms. The zero-order valence-corrected chi connectivity index (χ0v) is 23.3. The molecule has 0 aromatic heterocycles. The second-order valence-electron chi connectivity index (χ2n) is 10.9. The van der Waals surface area contributed by atoms with Crippen LogP contribution in [-0.4, -0.2) is 86.6 Å². The lowest BCUT2D eigenvalue weighted by Gasteiger charge is -2.39. The molecule has 0 N–H and O–H groups in total. The molecule has 0 saturated carbocycles. The molecule has 5 rings (SSSR count). The fraction of sp³-hybridized carbons (Fsp3) is 0.533. The summed E-state index contributed by atoms with van der Waals surface area (Å²) in [6.07, 6.45) is 2.78. The van der Waals surface area contributed by atoms with Gasteiger partial charge in [-0.2, -0.15) is 0 Å². The van der Waals surface area contributed by atoms with Gasteiger partial charge in [0.1, 0.15) is 12.4 Å². The van der Waals surface area contributed by atoms with Crippen molar-refractivity contribution in [1.82, 2.24) is 14.7 Å². The van der Waals surface area contributed by atoms with E-state index < -0.39 is 0 Å². The van der Waals surface area contributed by atoms with Gasteiger partial charge < -0.3 is 24.2 Å². The van der Waals surface area contributed by atoms with Crippen molar-refractivity contribution in [2.75, 3.05) is 60.1 Å². The van der Waals surface area contributed by atoms with Gasteiger partial charge in [0.15, 0.2) is 0 Å². The van der Waals surface area contributed by atoms with Crippen LogP contribution in [0, 0.1) is 11.3 Å². The van der Waals surface area contributed by atoms with E-state index in [0.717, 1.165) is 69.8 Å². The second kappa shape index (κ2) is 12.5. The number of carbonyl (C=O) groups is 2. The molecular formula is C30H40ClN3O4. The summed E-state index contributed by atoms with van der Waals surface area (Å²) in [5.74, 6) is 1.93. The van der Waals surface area contributed by atoms with Crippen LogP contribution in [-0.2, 0) is 20.9 Å². The number of hydrogen-bond acceptors (Lipinski definition) is 5. The molecule has 3 aliphatic rings. The van der Waals surface area contributed by atoms with Crippen molar-refractivity contribution >= 4 is 24.2 Å². The number of hydrogen-bond donors (Lipinski definition) is 0. The zero-order valence-electron chi connectivity index (χ0n) is 22.5. The van der Waals surface area contributed by atoms with Gasteiger partial charge in [0.05, 0.1) is 12.5 Å². The quantitative estimate of drug-likeness (QED) is 0.508. The average molecular weight is 542 g/mol. The van der Waals surface area contributed by atoms with Gasteiger partial charge in [-0.3, -0.25) is 9.59 Å². The summed E-state index contributed by atoms with van der Waals surface area (Å²) in [6, 6.07) is 18.6. The van der Waals surface area contributed by atoms with Crippen LogP contribution in [0.5, 0.6) is 5.75 Å². The van der Waals surface area contributed by atoms with Crippen molar-refractivity contribution in [2.24, 2.45) is 11.3 Å². The molecule has 2 atom stereocenters. The van der Waals surface area contributed by atoms with Gasteiger partial charge in [-0.1, -0.05) is 42.5 Å². The van der Waals surface area contributed by atoms with Crippen LogP contribution in [0.1, 0.15) is 36.3 Å². The highest BCUT2D eigenvalue weighted by Crippen LogP contribution is 2.43. The van der Waals surface area contributed by atoms with Crippen molar-refractivity contribution < 1.29 is 19.1 Å². The maximum Gasteiger partial charge on any atom is 0.248 e. The zero-order chi connectivity index (χ0) is 25.8. The number of amides is 2. The molecule has 2 aromatic rings. The van der Waals surface area contributed by atoms with E-state index >= 15 is 0 Å². The number of nitrogens with zero attached hydrogens (tertiary/aromatic N) is 3. The first kappa shape index (κ1) is 28.4. The Morgan fingerprint density at radius 2 is 1.63 bits per heavy atom. The van der Waals surface area contributed by atoms with Gasteiger partial charge in [0.2, 0.25) is 11.8 Å². The van der Waals surface area contributed by atoms with E-state index in [0.29, 0.717) is 24.3 Å². The number of benzene rings is 2. The van der Waals surface area contributed by atoms with Gasteiger partial charge in [-0.25, -0.2) is 0 Å². The Morgan fingerprint density at radius 3 is 2.29 bits per heavy atom. The molecule has 2 aromatic carbocycles. The Morgan fingerprint density at radius 1 is 0.947 bits per heavy atom. The molecule has 0 bridgehead atoms. The smallest absolute Gasteiger partial charge is 0.248 e. The maximum atomic E-state index is 13.5. The van der Waals surface area contributed by atoms with E-state index in [1.54, 1.807) is 14.2 Å². The van der Waals surface area contributed by atoms with Crippen LogP contribution in [0.3, 0.4) is 0 Å². The van der Waals surface area contributed by atoms with Crippen molar-refractivity contribution in [3.8, 4) is 5.75 Å². The Balaban J connectivity index is 0.00000336. The molecule has 3 saturated heterocycles. The third-order valence-corrected chi connectivity index (χ3v) is 8.73. The van der Waals surface area contributed by atoms with Crippen LogP contribution in [0.25, 0.3) is 0 Å². The largest absolute Gasteiger partial charge is 0.497 e. The summed E-state index contributed by atoms with van der Waals surface area (Å²) < 4.78 is 10.4. The molecule has 3 fully saturated rings. The Labute approximate surface area is 232 Å². The highest BCUT2D eigenvalue weighted by molar-refractivity contribution is 5.85. The van der Waals surface area contributed by atoms with Crippen LogP contribution >= 0.6 is 12.4 Å². The number of rotatable bonds is 8. The van der Waals surface area contributed by atoms with Crippen molar-refractivity contribution in [3.63, 3.8) is 0 Å². The lowest BCUT2D eigenvalue weighted by atomic mass is 9.76. The fourth-order valence-electron chi connectivity index (χ4n) is 6.51. The topological polar surface area (TPSA) is 62.3 Å². The van der Waals surface area contributed by atoms with Gasteiger partial charge in [-0.15, -0.1) is 12.4 Å². The Bertz CT molecular complexity index is 1070. The first-order valence-electron chi connectivity index (χ1n) is 13.5. The van der Waals surface area contributed by atoms with Crippen molar-refractivity contribution in [3.05, 3.63) is 65.7 Å². The number of likely N-dealkylation sites (tertiary alicyclic amines) is 3. The first-order valence-corrected chi connectivity index (χ1v) is 13.5. The van der Waals surface area contributed by atoms with E-state index in [1.807, 2.05) is 40.1 Å². The molecule has 3 heterocycles. The number of piperidine rings is 1. The predicted molar refractivity (Wildman–Crippen MR) is 150 cm³/mol. The highest BCUT2D eigenvalue weighted by Gasteiger charge is 2.48. The fourth-order valence-corrected chi connectivity index (χ4v) is 6.51. The van der Waals surface area contributed by atoms with Gasteiger partial charge in [0.25, 0.3) is 0 Å². The molecule has 3 aliphatic heterocycles. The van der Waals surface area contributed by atoms with Crippen LogP contribution < -0.4 is 4.74 Å². The number of ether oxygens (including phenoxy) is 2. The number of carbonyl (C=O) groups excluding carboxylic acids is 2. The molecular weight excluding hydrogens is 502 g/mol. The summed E-state index contributed by atoms with van der Waals surface area (Å²) in [6.45, 7) is 5.97. The lowest BCUT2D eigenvalue weighted by molar-refractivity contribution is -0.139. The second-order valence-corrected chi connectivity index (χ2v) is 10.9. The third-order valence-electron chi connectivity index (χ3n) is 8.73. The minimum absolute atomic E-state index is 0. The molecule has 0 unspecified atom stereocenters. The molecule has 2 amide bonds. The van der Waals surface area contributed by atoms with Gasteiger partial charge >= 0.3 is 0 Å². The van der Waals surface area contributed by atoms with E-state index in [9.17, 15) is 9.59 Å². The van der Waals surface area contributed by atoms with Crippen molar-refractivity contribution in [1.29, 1.82) is 0 Å². The Kier molecular flexibility index (Phi) is 9.34. The molecule has 0 aliphatic carbocycles. The van der Waals surface area contributed by atoms with E-state index in [-0.39, 0.29) is 30.3 Å².